The lowest BCUT2D eigenvalue weighted by Gasteiger charge is -2.10. The monoisotopic (exact) mass is 245 g/mol. The number of aliphatic imine (C=N–C) groups is 1. The van der Waals surface area contributed by atoms with Gasteiger partial charge in [-0.05, 0) is 20.5 Å². The van der Waals surface area contributed by atoms with Crippen LogP contribution in [0.15, 0.2) is 4.99 Å². The molecule has 0 bridgehead atoms. The molecule has 0 saturated heterocycles. The average molecular weight is 245 g/mol. The highest BCUT2D eigenvalue weighted by molar-refractivity contribution is 8.14. The Morgan fingerprint density at radius 2 is 2.31 bits per heavy atom. The molecule has 0 aromatic rings. The lowest BCUT2D eigenvalue weighted by molar-refractivity contribution is 0.122. The molecule has 0 amide bonds. The predicted molar refractivity (Wildman–Crippen MR) is 71.3 cm³/mol. The first-order valence-corrected chi connectivity index (χ1v) is 6.77. The summed E-state index contributed by atoms with van der Waals surface area (Å²) >= 11 is 1.85. The number of hydrogen-bond donors (Lipinski definition) is 1. The molecule has 5 heteroatoms. The first kappa shape index (κ1) is 13.8. The molecule has 1 rings (SSSR count). The van der Waals surface area contributed by atoms with Gasteiger partial charge in [-0.1, -0.05) is 18.7 Å². The van der Waals surface area contributed by atoms with Crippen LogP contribution >= 0.6 is 11.8 Å². The zero-order valence-corrected chi connectivity index (χ0v) is 11.3. The predicted octanol–water partition coefficient (Wildman–Crippen LogP) is 1.04. The Bertz CT molecular complexity index is 221. The normalized spacial score (nSPS) is 20.2. The van der Waals surface area contributed by atoms with Gasteiger partial charge >= 0.3 is 0 Å². The van der Waals surface area contributed by atoms with Gasteiger partial charge in [-0.25, -0.2) is 0 Å². The Morgan fingerprint density at radius 1 is 1.50 bits per heavy atom. The Kier molecular flexibility index (Phi) is 6.84. The minimum absolute atomic E-state index is 0.678. The maximum atomic E-state index is 5.49. The van der Waals surface area contributed by atoms with Crippen molar-refractivity contribution in [3.8, 4) is 0 Å². The molecule has 0 radical (unpaired) electrons. The van der Waals surface area contributed by atoms with Crippen LogP contribution in [0, 0.1) is 0 Å². The van der Waals surface area contributed by atoms with Crippen LogP contribution in [0.2, 0.25) is 0 Å². The Labute approximate surface area is 103 Å². The van der Waals surface area contributed by atoms with E-state index in [4.69, 9.17) is 4.74 Å². The van der Waals surface area contributed by atoms with Crippen LogP contribution < -0.4 is 5.32 Å². The third-order valence-corrected chi connectivity index (χ3v) is 3.69. The summed E-state index contributed by atoms with van der Waals surface area (Å²) in [6, 6.07) is 0. The van der Waals surface area contributed by atoms with Crippen LogP contribution in [0.1, 0.15) is 13.3 Å². The molecule has 0 fully saturated rings. The van der Waals surface area contributed by atoms with Crippen LogP contribution in [0.4, 0.5) is 0 Å². The lowest BCUT2D eigenvalue weighted by atomic mass is 10.3. The molecule has 0 saturated carbocycles. The Morgan fingerprint density at radius 3 is 2.94 bits per heavy atom. The first-order chi connectivity index (χ1) is 7.72. The van der Waals surface area contributed by atoms with E-state index in [1.807, 2.05) is 11.8 Å². The number of nitrogens with zero attached hydrogens (tertiary/aromatic N) is 2. The first-order valence-electron chi connectivity index (χ1n) is 5.89. The second-order valence-electron chi connectivity index (χ2n) is 4.14. The Balaban J connectivity index is 1.92. The molecular weight excluding hydrogens is 222 g/mol. The molecule has 0 spiro atoms. The number of hydrogen-bond acceptors (Lipinski definition) is 5. The van der Waals surface area contributed by atoms with Gasteiger partial charge in [-0.3, -0.25) is 4.99 Å². The zero-order chi connectivity index (χ0) is 11.8. The second-order valence-corrected chi connectivity index (χ2v) is 5.43. The molecule has 1 unspecified atom stereocenters. The van der Waals surface area contributed by atoms with Crippen LogP contribution in [0.5, 0.6) is 0 Å². The zero-order valence-electron chi connectivity index (χ0n) is 10.5. The van der Waals surface area contributed by atoms with E-state index in [-0.39, 0.29) is 0 Å². The minimum Gasteiger partial charge on any atom is -0.378 e. The molecule has 0 aromatic carbocycles. The maximum absolute atomic E-state index is 5.49. The summed E-state index contributed by atoms with van der Waals surface area (Å²) in [6.45, 7) is 6.56. The van der Waals surface area contributed by atoms with Crippen LogP contribution in [0.3, 0.4) is 0 Å². The van der Waals surface area contributed by atoms with Crippen LogP contribution in [0.25, 0.3) is 0 Å². The third-order valence-electron chi connectivity index (χ3n) is 2.38. The van der Waals surface area contributed by atoms with Crippen molar-refractivity contribution >= 4 is 16.9 Å². The van der Waals surface area contributed by atoms with Gasteiger partial charge in [0.25, 0.3) is 0 Å². The quantitative estimate of drug-likeness (QED) is 0.680. The van der Waals surface area contributed by atoms with Gasteiger partial charge < -0.3 is 15.0 Å². The summed E-state index contributed by atoms with van der Waals surface area (Å²) < 4.78 is 5.49. The molecule has 1 aliphatic rings. The number of nitrogens with one attached hydrogen (secondary N) is 1. The fraction of sp³-hybridized carbons (Fsp3) is 0.909. The summed E-state index contributed by atoms with van der Waals surface area (Å²) in [5.74, 6) is 0. The van der Waals surface area contributed by atoms with Crippen LogP contribution in [-0.4, -0.2) is 62.3 Å². The fourth-order valence-electron chi connectivity index (χ4n) is 1.31. The summed E-state index contributed by atoms with van der Waals surface area (Å²) in [7, 11) is 4.10. The Hall–Kier alpha value is -0.260. The molecule has 1 heterocycles. The maximum Gasteiger partial charge on any atom is 0.157 e. The summed E-state index contributed by atoms with van der Waals surface area (Å²) in [4.78, 5) is 6.56. The fourth-order valence-corrected chi connectivity index (χ4v) is 2.27. The topological polar surface area (TPSA) is 36.9 Å². The van der Waals surface area contributed by atoms with E-state index in [1.54, 1.807) is 0 Å². The molecule has 1 aliphatic heterocycles. The van der Waals surface area contributed by atoms with Gasteiger partial charge in [0.05, 0.1) is 19.8 Å². The van der Waals surface area contributed by atoms with Crippen molar-refractivity contribution in [2.45, 2.75) is 18.6 Å². The van der Waals surface area contributed by atoms with E-state index in [0.29, 0.717) is 5.25 Å². The van der Waals surface area contributed by atoms with Gasteiger partial charge in [-0.2, -0.15) is 0 Å². The van der Waals surface area contributed by atoms with Crippen LogP contribution in [-0.2, 0) is 4.74 Å². The molecule has 0 aromatic heterocycles. The molecule has 0 aliphatic carbocycles. The highest BCUT2D eigenvalue weighted by Crippen LogP contribution is 2.21. The van der Waals surface area contributed by atoms with Crippen molar-refractivity contribution in [3.63, 3.8) is 0 Å². The van der Waals surface area contributed by atoms with E-state index in [0.717, 1.165) is 38.0 Å². The van der Waals surface area contributed by atoms with E-state index < -0.39 is 0 Å². The summed E-state index contributed by atoms with van der Waals surface area (Å²) in [5.41, 5.74) is 0. The number of thioether (sulfide) groups is 1. The largest absolute Gasteiger partial charge is 0.378 e. The van der Waals surface area contributed by atoms with Gasteiger partial charge in [-0.15, -0.1) is 0 Å². The highest BCUT2D eigenvalue weighted by Gasteiger charge is 2.16. The van der Waals surface area contributed by atoms with Gasteiger partial charge in [0.1, 0.15) is 0 Å². The lowest BCUT2D eigenvalue weighted by Crippen LogP contribution is -2.26. The van der Waals surface area contributed by atoms with Crippen molar-refractivity contribution in [1.29, 1.82) is 0 Å². The number of ether oxygens (including phenoxy) is 1. The molecular formula is C11H23N3OS. The smallest absolute Gasteiger partial charge is 0.157 e. The van der Waals surface area contributed by atoms with Crippen molar-refractivity contribution in [1.82, 2.24) is 10.2 Å². The van der Waals surface area contributed by atoms with Gasteiger partial charge in [0, 0.05) is 18.3 Å². The molecule has 1 N–H and O–H groups in total. The standard InChI is InChI=1S/C11H23N3OS/c1-4-10-9-13-11(16-10)12-5-7-15-8-6-14(2)3/h10H,4-9H2,1-3H3,(H,12,13). The SMILES string of the molecule is CCC1CN=C(NCCOCCN(C)C)S1. The molecule has 16 heavy (non-hydrogen) atoms. The molecule has 94 valence electrons. The molecule has 1 atom stereocenters. The number of amidine groups is 1. The third kappa shape index (κ3) is 5.72. The highest BCUT2D eigenvalue weighted by atomic mass is 32.2. The van der Waals surface area contributed by atoms with Gasteiger partial charge in [0.2, 0.25) is 0 Å². The second kappa shape index (κ2) is 7.92. The summed E-state index contributed by atoms with van der Waals surface area (Å²) in [6.07, 6.45) is 1.19. The van der Waals surface area contributed by atoms with E-state index in [9.17, 15) is 0 Å². The van der Waals surface area contributed by atoms with Crippen molar-refractivity contribution in [2.24, 2.45) is 4.99 Å². The van der Waals surface area contributed by atoms with Crippen molar-refractivity contribution in [3.05, 3.63) is 0 Å². The minimum atomic E-state index is 0.678. The number of rotatable bonds is 7. The average Bonchev–Trinajstić information content (AvgIpc) is 2.70. The summed E-state index contributed by atoms with van der Waals surface area (Å²) in [5, 5.41) is 5.07. The van der Waals surface area contributed by atoms with Gasteiger partial charge in [0.15, 0.2) is 5.17 Å². The van der Waals surface area contributed by atoms with E-state index >= 15 is 0 Å². The number of likely N-dealkylation sites (N-methyl/N-ethyl adjacent to an activating group) is 1. The molecule has 4 nitrogen and oxygen atoms in total. The van der Waals surface area contributed by atoms with Crippen molar-refractivity contribution in [2.75, 3.05) is 46.9 Å². The van der Waals surface area contributed by atoms with E-state index in [1.165, 1.54) is 6.42 Å². The van der Waals surface area contributed by atoms with Crippen molar-refractivity contribution < 1.29 is 4.74 Å². The van der Waals surface area contributed by atoms with E-state index in [2.05, 4.69) is 36.2 Å².